The topological polar surface area (TPSA) is 38.8 Å². The first kappa shape index (κ1) is 13.6. The average molecular weight is 280 g/mol. The molecule has 1 fully saturated rings. The number of benzene rings is 2. The molecule has 0 aliphatic carbocycles. The van der Waals surface area contributed by atoms with Gasteiger partial charge in [-0.1, -0.05) is 60.7 Å². The molecule has 0 bridgehead atoms. The molecule has 2 aromatic carbocycles. The molecule has 0 N–H and O–H groups in total. The summed E-state index contributed by atoms with van der Waals surface area (Å²) in [6.07, 6.45) is 3.21. The second-order valence-corrected chi connectivity index (χ2v) is 4.88. The Morgan fingerprint density at radius 2 is 1.71 bits per heavy atom. The molecule has 2 unspecified atom stereocenters. The number of hydrogen-bond donors (Lipinski definition) is 0. The quantitative estimate of drug-likeness (QED) is 0.479. The summed E-state index contributed by atoms with van der Waals surface area (Å²) >= 11 is 0. The molecular formula is C18H16O3. The van der Waals surface area contributed by atoms with Crippen LogP contribution in [0.5, 0.6) is 0 Å². The van der Waals surface area contributed by atoms with Crippen molar-refractivity contribution in [3.05, 3.63) is 77.9 Å². The number of hydrogen-bond acceptors (Lipinski definition) is 3. The van der Waals surface area contributed by atoms with Gasteiger partial charge in [0.2, 0.25) is 0 Å². The summed E-state index contributed by atoms with van der Waals surface area (Å²) in [5, 5.41) is 0. The van der Waals surface area contributed by atoms with Gasteiger partial charge in [-0.15, -0.1) is 0 Å². The van der Waals surface area contributed by atoms with E-state index in [1.54, 1.807) is 6.08 Å². The van der Waals surface area contributed by atoms with Crippen LogP contribution >= 0.6 is 0 Å². The van der Waals surface area contributed by atoms with Crippen molar-refractivity contribution in [1.29, 1.82) is 0 Å². The predicted octanol–water partition coefficient (Wildman–Crippen LogP) is 3.38. The first-order chi connectivity index (χ1) is 10.3. The fourth-order valence-electron chi connectivity index (χ4n) is 2.15. The van der Waals surface area contributed by atoms with Crippen molar-refractivity contribution in [3.63, 3.8) is 0 Å². The van der Waals surface area contributed by atoms with E-state index in [2.05, 4.69) is 0 Å². The summed E-state index contributed by atoms with van der Waals surface area (Å²) in [4.78, 5) is 11.6. The molecule has 1 aliphatic rings. The molecule has 106 valence electrons. The van der Waals surface area contributed by atoms with E-state index in [0.29, 0.717) is 0 Å². The normalized spacial score (nSPS) is 20.4. The van der Waals surface area contributed by atoms with Crippen molar-refractivity contribution in [2.24, 2.45) is 0 Å². The number of epoxide rings is 1. The maximum Gasteiger partial charge on any atom is 0.330 e. The van der Waals surface area contributed by atoms with Crippen LogP contribution in [0.2, 0.25) is 0 Å². The highest BCUT2D eigenvalue weighted by Gasteiger charge is 2.40. The van der Waals surface area contributed by atoms with Crippen LogP contribution in [0.25, 0.3) is 6.08 Å². The molecule has 0 radical (unpaired) electrons. The Hall–Kier alpha value is -2.39. The highest BCUT2D eigenvalue weighted by atomic mass is 16.6. The summed E-state index contributed by atoms with van der Waals surface area (Å²) in [6, 6.07) is 19.6. The van der Waals surface area contributed by atoms with Gasteiger partial charge in [0, 0.05) is 6.08 Å². The maximum absolute atomic E-state index is 11.6. The van der Waals surface area contributed by atoms with Crippen LogP contribution < -0.4 is 0 Å². The van der Waals surface area contributed by atoms with Gasteiger partial charge in [-0.25, -0.2) is 4.79 Å². The van der Waals surface area contributed by atoms with Gasteiger partial charge in [0.15, 0.2) is 0 Å². The van der Waals surface area contributed by atoms with E-state index >= 15 is 0 Å². The Morgan fingerprint density at radius 1 is 1.05 bits per heavy atom. The lowest BCUT2D eigenvalue weighted by Crippen LogP contribution is -2.07. The minimum absolute atomic E-state index is 0.0264. The molecular weight excluding hydrogens is 264 g/mol. The van der Waals surface area contributed by atoms with Gasteiger partial charge in [0.25, 0.3) is 0 Å². The van der Waals surface area contributed by atoms with Crippen molar-refractivity contribution in [2.45, 2.75) is 12.2 Å². The van der Waals surface area contributed by atoms with E-state index in [-0.39, 0.29) is 24.8 Å². The fraction of sp³-hybridized carbons (Fsp3) is 0.167. The minimum Gasteiger partial charge on any atom is -0.460 e. The molecule has 0 amide bonds. The Balaban J connectivity index is 1.44. The Labute approximate surface area is 123 Å². The smallest absolute Gasteiger partial charge is 0.330 e. The van der Waals surface area contributed by atoms with Crippen molar-refractivity contribution in [1.82, 2.24) is 0 Å². The van der Waals surface area contributed by atoms with E-state index in [4.69, 9.17) is 9.47 Å². The third-order valence-electron chi connectivity index (χ3n) is 3.31. The third-order valence-corrected chi connectivity index (χ3v) is 3.31. The summed E-state index contributed by atoms with van der Waals surface area (Å²) in [6.45, 7) is 0.289. The number of carbonyl (C=O) groups is 1. The van der Waals surface area contributed by atoms with Crippen LogP contribution in [0.1, 0.15) is 17.2 Å². The molecule has 3 heteroatoms. The number of rotatable bonds is 5. The molecule has 3 rings (SSSR count). The van der Waals surface area contributed by atoms with Crippen LogP contribution in [0.4, 0.5) is 0 Å². The lowest BCUT2D eigenvalue weighted by Gasteiger charge is -1.99. The van der Waals surface area contributed by atoms with Gasteiger partial charge in [-0.05, 0) is 17.2 Å². The highest BCUT2D eigenvalue weighted by Crippen LogP contribution is 2.38. The molecule has 3 nitrogen and oxygen atoms in total. The van der Waals surface area contributed by atoms with Crippen molar-refractivity contribution in [2.75, 3.05) is 6.61 Å². The lowest BCUT2D eigenvalue weighted by molar-refractivity contribution is -0.138. The lowest BCUT2D eigenvalue weighted by atomic mass is 10.1. The van der Waals surface area contributed by atoms with Gasteiger partial charge < -0.3 is 9.47 Å². The zero-order chi connectivity index (χ0) is 14.5. The van der Waals surface area contributed by atoms with Gasteiger partial charge in [-0.2, -0.15) is 0 Å². The van der Waals surface area contributed by atoms with E-state index in [0.717, 1.165) is 11.1 Å². The Bertz CT molecular complexity index is 619. The van der Waals surface area contributed by atoms with E-state index in [1.807, 2.05) is 60.7 Å². The van der Waals surface area contributed by atoms with Crippen molar-refractivity contribution in [3.8, 4) is 0 Å². The van der Waals surface area contributed by atoms with Crippen molar-refractivity contribution < 1.29 is 14.3 Å². The molecule has 0 spiro atoms. The van der Waals surface area contributed by atoms with Crippen LogP contribution in [0, 0.1) is 0 Å². The molecule has 2 atom stereocenters. The van der Waals surface area contributed by atoms with Crippen LogP contribution in [0.3, 0.4) is 0 Å². The molecule has 0 saturated carbocycles. The van der Waals surface area contributed by atoms with E-state index in [9.17, 15) is 4.79 Å². The second-order valence-electron chi connectivity index (χ2n) is 4.88. The van der Waals surface area contributed by atoms with Gasteiger partial charge in [0.05, 0.1) is 0 Å². The van der Waals surface area contributed by atoms with E-state index < -0.39 is 0 Å². The first-order valence-corrected chi connectivity index (χ1v) is 6.93. The summed E-state index contributed by atoms with van der Waals surface area (Å²) in [7, 11) is 0. The molecule has 1 aliphatic heterocycles. The number of esters is 1. The average Bonchev–Trinajstić information content (AvgIpc) is 3.32. The van der Waals surface area contributed by atoms with Gasteiger partial charge in [-0.3, -0.25) is 0 Å². The zero-order valence-electron chi connectivity index (χ0n) is 11.5. The molecule has 2 aromatic rings. The maximum atomic E-state index is 11.6. The SMILES string of the molecule is O=C(C=Cc1ccccc1)OCC1OC1c1ccccc1. The first-order valence-electron chi connectivity index (χ1n) is 6.93. The summed E-state index contributed by atoms with van der Waals surface area (Å²) in [5.41, 5.74) is 2.10. The highest BCUT2D eigenvalue weighted by molar-refractivity contribution is 5.87. The minimum atomic E-state index is -0.346. The molecule has 1 heterocycles. The van der Waals surface area contributed by atoms with Crippen LogP contribution in [-0.4, -0.2) is 18.7 Å². The zero-order valence-corrected chi connectivity index (χ0v) is 11.5. The summed E-state index contributed by atoms with van der Waals surface area (Å²) in [5.74, 6) is -0.346. The largest absolute Gasteiger partial charge is 0.460 e. The summed E-state index contributed by atoms with van der Waals surface area (Å²) < 4.78 is 10.7. The van der Waals surface area contributed by atoms with Crippen LogP contribution in [0.15, 0.2) is 66.7 Å². The molecule has 1 saturated heterocycles. The van der Waals surface area contributed by atoms with Crippen LogP contribution in [-0.2, 0) is 14.3 Å². The number of ether oxygens (including phenoxy) is 2. The standard InChI is InChI=1S/C18H16O3/c19-17(12-11-14-7-3-1-4-8-14)20-13-16-18(21-16)15-9-5-2-6-10-15/h1-12,16,18H,13H2. The number of carbonyl (C=O) groups excluding carboxylic acids is 1. The van der Waals surface area contributed by atoms with Gasteiger partial charge in [0.1, 0.15) is 18.8 Å². The molecule has 21 heavy (non-hydrogen) atoms. The fourth-order valence-corrected chi connectivity index (χ4v) is 2.15. The predicted molar refractivity (Wildman–Crippen MR) is 80.5 cm³/mol. The second kappa shape index (κ2) is 6.37. The Kier molecular flexibility index (Phi) is 4.12. The third kappa shape index (κ3) is 3.80. The van der Waals surface area contributed by atoms with E-state index in [1.165, 1.54) is 6.08 Å². The monoisotopic (exact) mass is 280 g/mol. The molecule has 0 aromatic heterocycles. The van der Waals surface area contributed by atoms with Gasteiger partial charge >= 0.3 is 5.97 Å². The van der Waals surface area contributed by atoms with Crippen molar-refractivity contribution >= 4 is 12.0 Å². The Morgan fingerprint density at radius 3 is 2.43 bits per heavy atom.